The number of amides is 3. The Morgan fingerprint density at radius 1 is 1.06 bits per heavy atom. The van der Waals surface area contributed by atoms with Gasteiger partial charge in [0.1, 0.15) is 0 Å². The van der Waals surface area contributed by atoms with Gasteiger partial charge in [-0.2, -0.15) is 0 Å². The fraction of sp³-hybridized carbons (Fsp3) is 0.273. The van der Waals surface area contributed by atoms with E-state index < -0.39 is 17.9 Å². The standard InChI is InChI=1S/C22H24N4O5/c1-4-25-19-16(12-18(27)24(2)21(23)29)15(20(28)31-3)10-11-17(19)26(22(25)30)13-14-8-6-5-7-9-14/h5-11H,4,12-13H2,1-3H3,(H2,23,29). The van der Waals surface area contributed by atoms with Crippen LogP contribution in [0, 0.1) is 0 Å². The van der Waals surface area contributed by atoms with Crippen LogP contribution < -0.4 is 11.4 Å². The van der Waals surface area contributed by atoms with Crippen LogP contribution in [-0.2, 0) is 29.0 Å². The van der Waals surface area contributed by atoms with Crippen molar-refractivity contribution in [3.63, 3.8) is 0 Å². The first-order valence-corrected chi connectivity index (χ1v) is 9.73. The molecule has 0 radical (unpaired) electrons. The highest BCUT2D eigenvalue weighted by molar-refractivity contribution is 6.01. The molecular formula is C22H24N4O5. The van der Waals surface area contributed by atoms with E-state index in [1.165, 1.54) is 24.8 Å². The largest absolute Gasteiger partial charge is 0.465 e. The zero-order chi connectivity index (χ0) is 22.7. The molecule has 0 fully saturated rings. The molecule has 0 unspecified atom stereocenters. The lowest BCUT2D eigenvalue weighted by atomic mass is 10.0. The average Bonchev–Trinajstić information content (AvgIpc) is 3.04. The molecular weight excluding hydrogens is 400 g/mol. The smallest absolute Gasteiger partial charge is 0.338 e. The molecule has 0 saturated carbocycles. The number of ether oxygens (including phenoxy) is 1. The Balaban J connectivity index is 2.26. The first-order chi connectivity index (χ1) is 14.8. The van der Waals surface area contributed by atoms with Crippen LogP contribution >= 0.6 is 0 Å². The third-order valence-electron chi connectivity index (χ3n) is 5.22. The van der Waals surface area contributed by atoms with Crippen molar-refractivity contribution in [2.75, 3.05) is 14.2 Å². The summed E-state index contributed by atoms with van der Waals surface area (Å²) in [5.74, 6) is -1.24. The number of hydrogen-bond donors (Lipinski definition) is 1. The number of methoxy groups -OCH3 is 1. The predicted molar refractivity (Wildman–Crippen MR) is 115 cm³/mol. The second-order valence-electron chi connectivity index (χ2n) is 7.02. The zero-order valence-electron chi connectivity index (χ0n) is 17.6. The maximum absolute atomic E-state index is 13.2. The molecule has 2 N–H and O–H groups in total. The molecule has 3 rings (SSSR count). The number of imide groups is 1. The molecule has 0 aliphatic heterocycles. The van der Waals surface area contributed by atoms with E-state index in [0.29, 0.717) is 29.7 Å². The van der Waals surface area contributed by atoms with Crippen molar-refractivity contribution in [1.29, 1.82) is 0 Å². The maximum atomic E-state index is 13.2. The number of likely N-dealkylation sites (N-methyl/N-ethyl adjacent to an activating group) is 1. The van der Waals surface area contributed by atoms with E-state index in [1.54, 1.807) is 17.6 Å². The molecule has 0 saturated heterocycles. The molecule has 1 heterocycles. The van der Waals surface area contributed by atoms with Gasteiger partial charge in [0.2, 0.25) is 5.91 Å². The summed E-state index contributed by atoms with van der Waals surface area (Å²) in [5, 5.41) is 0. The third kappa shape index (κ3) is 4.07. The minimum Gasteiger partial charge on any atom is -0.465 e. The SMILES string of the molecule is CCn1c(=O)n(Cc2ccccc2)c2ccc(C(=O)OC)c(CC(=O)N(C)C(N)=O)c21. The quantitative estimate of drug-likeness (QED) is 0.605. The molecule has 9 heteroatoms. The summed E-state index contributed by atoms with van der Waals surface area (Å²) in [6.45, 7) is 2.46. The van der Waals surface area contributed by atoms with Gasteiger partial charge in [-0.3, -0.25) is 18.8 Å². The van der Waals surface area contributed by atoms with E-state index >= 15 is 0 Å². The minimum absolute atomic E-state index is 0.153. The molecule has 0 aliphatic rings. The number of primary amides is 1. The van der Waals surface area contributed by atoms with E-state index in [4.69, 9.17) is 10.5 Å². The fourth-order valence-electron chi connectivity index (χ4n) is 3.57. The van der Waals surface area contributed by atoms with E-state index in [0.717, 1.165) is 10.5 Å². The summed E-state index contributed by atoms with van der Waals surface area (Å²) in [4.78, 5) is 50.4. The molecule has 0 spiro atoms. The van der Waals surface area contributed by atoms with Gasteiger partial charge in [0, 0.05) is 19.2 Å². The van der Waals surface area contributed by atoms with Crippen LogP contribution in [0.4, 0.5) is 4.79 Å². The van der Waals surface area contributed by atoms with Gasteiger partial charge in [-0.15, -0.1) is 0 Å². The summed E-state index contributed by atoms with van der Waals surface area (Å²) in [6.07, 6.45) is -0.296. The number of esters is 1. The Hall–Kier alpha value is -3.88. The lowest BCUT2D eigenvalue weighted by Crippen LogP contribution is -2.38. The number of carbonyl (C=O) groups excluding carboxylic acids is 3. The van der Waals surface area contributed by atoms with E-state index in [1.807, 2.05) is 30.3 Å². The second kappa shape index (κ2) is 8.86. The van der Waals surface area contributed by atoms with Crippen LogP contribution in [0.1, 0.15) is 28.4 Å². The average molecular weight is 424 g/mol. The van der Waals surface area contributed by atoms with Crippen LogP contribution in [0.5, 0.6) is 0 Å². The topological polar surface area (TPSA) is 117 Å². The molecule has 3 aromatic rings. The lowest BCUT2D eigenvalue weighted by Gasteiger charge is -2.15. The summed E-state index contributed by atoms with van der Waals surface area (Å²) in [5.41, 5.74) is 7.38. The molecule has 31 heavy (non-hydrogen) atoms. The van der Waals surface area contributed by atoms with Gasteiger partial charge < -0.3 is 10.5 Å². The summed E-state index contributed by atoms with van der Waals surface area (Å²) in [6, 6.07) is 11.8. The van der Waals surface area contributed by atoms with E-state index in [9.17, 15) is 19.2 Å². The second-order valence-corrected chi connectivity index (χ2v) is 7.02. The molecule has 0 aliphatic carbocycles. The monoisotopic (exact) mass is 424 g/mol. The molecule has 162 valence electrons. The number of hydrogen-bond acceptors (Lipinski definition) is 5. The summed E-state index contributed by atoms with van der Waals surface area (Å²) < 4.78 is 7.98. The molecule has 9 nitrogen and oxygen atoms in total. The van der Waals surface area contributed by atoms with Crippen LogP contribution in [0.3, 0.4) is 0 Å². The number of imidazole rings is 1. The maximum Gasteiger partial charge on any atom is 0.338 e. The highest BCUT2D eigenvalue weighted by atomic mass is 16.5. The number of nitrogens with two attached hydrogens (primary N) is 1. The van der Waals surface area contributed by atoms with Crippen molar-refractivity contribution in [1.82, 2.24) is 14.0 Å². The van der Waals surface area contributed by atoms with Gasteiger partial charge >= 0.3 is 17.7 Å². The van der Waals surface area contributed by atoms with Crippen molar-refractivity contribution in [3.05, 3.63) is 69.6 Å². The number of nitrogens with zero attached hydrogens (tertiary/aromatic N) is 3. The Labute approximate surface area is 178 Å². The van der Waals surface area contributed by atoms with Gasteiger partial charge in [-0.05, 0) is 24.6 Å². The highest BCUT2D eigenvalue weighted by Gasteiger charge is 2.25. The third-order valence-corrected chi connectivity index (χ3v) is 5.22. The van der Waals surface area contributed by atoms with Gasteiger partial charge in [0.15, 0.2) is 0 Å². The van der Waals surface area contributed by atoms with Crippen LogP contribution in [-0.4, -0.2) is 46.1 Å². The Bertz CT molecular complexity index is 1210. The number of rotatable bonds is 6. The van der Waals surface area contributed by atoms with Crippen molar-refractivity contribution in [3.8, 4) is 0 Å². The zero-order valence-corrected chi connectivity index (χ0v) is 17.6. The van der Waals surface area contributed by atoms with Crippen LogP contribution in [0.15, 0.2) is 47.3 Å². The normalized spacial score (nSPS) is 10.8. The molecule has 3 amide bonds. The van der Waals surface area contributed by atoms with Crippen LogP contribution in [0.25, 0.3) is 11.0 Å². The van der Waals surface area contributed by atoms with Gasteiger partial charge in [0.05, 0.1) is 36.7 Å². The predicted octanol–water partition coefficient (Wildman–Crippen LogP) is 1.74. The van der Waals surface area contributed by atoms with Crippen LogP contribution in [0.2, 0.25) is 0 Å². The molecule has 0 atom stereocenters. The van der Waals surface area contributed by atoms with E-state index in [2.05, 4.69) is 0 Å². The number of benzene rings is 2. The van der Waals surface area contributed by atoms with Crippen molar-refractivity contribution < 1.29 is 19.1 Å². The first kappa shape index (κ1) is 21.8. The number of carbonyl (C=O) groups is 3. The minimum atomic E-state index is -0.911. The van der Waals surface area contributed by atoms with Crippen molar-refractivity contribution >= 4 is 28.9 Å². The first-order valence-electron chi connectivity index (χ1n) is 9.73. The van der Waals surface area contributed by atoms with E-state index in [-0.39, 0.29) is 17.7 Å². The van der Waals surface area contributed by atoms with Crippen molar-refractivity contribution in [2.45, 2.75) is 26.4 Å². The number of urea groups is 1. The van der Waals surface area contributed by atoms with Gasteiger partial charge in [0.25, 0.3) is 0 Å². The molecule has 2 aromatic carbocycles. The Kier molecular flexibility index (Phi) is 6.24. The Morgan fingerprint density at radius 2 is 1.74 bits per heavy atom. The molecule has 0 bridgehead atoms. The van der Waals surface area contributed by atoms with Gasteiger partial charge in [-0.1, -0.05) is 30.3 Å². The summed E-state index contributed by atoms with van der Waals surface area (Å²) in [7, 11) is 2.50. The number of aryl methyl sites for hydroxylation is 1. The van der Waals surface area contributed by atoms with Gasteiger partial charge in [-0.25, -0.2) is 14.4 Å². The Morgan fingerprint density at radius 3 is 2.32 bits per heavy atom. The highest BCUT2D eigenvalue weighted by Crippen LogP contribution is 2.25. The number of aromatic nitrogens is 2. The number of fused-ring (bicyclic) bond motifs is 1. The fourth-order valence-corrected chi connectivity index (χ4v) is 3.57. The summed E-state index contributed by atoms with van der Waals surface area (Å²) >= 11 is 0. The molecule has 1 aromatic heterocycles. The van der Waals surface area contributed by atoms with Crippen molar-refractivity contribution in [2.24, 2.45) is 5.73 Å². The lowest BCUT2D eigenvalue weighted by molar-refractivity contribution is -0.126.